The molecule has 0 aliphatic carbocycles. The first kappa shape index (κ1) is 13.3. The third-order valence-electron chi connectivity index (χ3n) is 3.61. The first-order valence-electron chi connectivity index (χ1n) is 6.64. The zero-order valence-electron chi connectivity index (χ0n) is 11.3. The van der Waals surface area contributed by atoms with Crippen LogP contribution in [0.4, 0.5) is 5.69 Å². The van der Waals surface area contributed by atoms with Crippen LogP contribution in [0.1, 0.15) is 5.69 Å². The third kappa shape index (κ3) is 2.26. The molecule has 1 atom stereocenters. The van der Waals surface area contributed by atoms with Gasteiger partial charge in [0, 0.05) is 25.0 Å². The molecule has 106 valence electrons. The summed E-state index contributed by atoms with van der Waals surface area (Å²) >= 11 is 0. The molecule has 0 saturated carbocycles. The number of nitrogens with one attached hydrogen (secondary N) is 1. The number of carbonyl (C=O) groups is 1. The maximum absolute atomic E-state index is 11.7. The Morgan fingerprint density at radius 1 is 1.43 bits per heavy atom. The van der Waals surface area contributed by atoms with Gasteiger partial charge in [0.05, 0.1) is 11.2 Å². The maximum Gasteiger partial charge on any atom is 0.241 e. The van der Waals surface area contributed by atoms with Crippen molar-refractivity contribution in [3.8, 4) is 6.07 Å². The summed E-state index contributed by atoms with van der Waals surface area (Å²) in [5.74, 6) is -0.424. The Balaban J connectivity index is 2.22. The molecule has 2 heterocycles. The Morgan fingerprint density at radius 3 is 3.00 bits per heavy atom. The van der Waals surface area contributed by atoms with Crippen LogP contribution in [0.25, 0.3) is 10.9 Å². The molecule has 3 rings (SSSR count). The van der Waals surface area contributed by atoms with Crippen LogP contribution in [0.2, 0.25) is 0 Å². The van der Waals surface area contributed by atoms with Crippen molar-refractivity contribution in [1.82, 2.24) is 15.5 Å². The molecule has 21 heavy (non-hydrogen) atoms. The monoisotopic (exact) mass is 282 g/mol. The first-order chi connectivity index (χ1) is 10.2. The molecule has 1 aliphatic rings. The zero-order valence-corrected chi connectivity index (χ0v) is 11.3. The van der Waals surface area contributed by atoms with E-state index in [2.05, 4.69) is 21.6 Å². The second-order valence-electron chi connectivity index (χ2n) is 4.84. The molecule has 1 aliphatic heterocycles. The van der Waals surface area contributed by atoms with E-state index >= 15 is 0 Å². The minimum Gasteiger partial charge on any atom is -0.368 e. The van der Waals surface area contributed by atoms with Gasteiger partial charge in [-0.1, -0.05) is 18.2 Å². The largest absolute Gasteiger partial charge is 0.368 e. The molecule has 7 nitrogen and oxygen atoms in total. The zero-order chi connectivity index (χ0) is 14.8. The lowest BCUT2D eigenvalue weighted by Crippen LogP contribution is -2.57. The van der Waals surface area contributed by atoms with Crippen molar-refractivity contribution in [2.75, 3.05) is 24.5 Å². The molecule has 0 spiro atoms. The van der Waals surface area contributed by atoms with E-state index < -0.39 is 11.9 Å². The van der Waals surface area contributed by atoms with Gasteiger partial charge in [-0.3, -0.25) is 4.79 Å². The number of rotatable bonds is 2. The first-order valence-corrected chi connectivity index (χ1v) is 6.64. The van der Waals surface area contributed by atoms with Gasteiger partial charge >= 0.3 is 0 Å². The Morgan fingerprint density at radius 2 is 2.24 bits per heavy atom. The molecular weight excluding hydrogens is 268 g/mol. The number of benzene rings is 1. The minimum atomic E-state index is -0.501. The molecular formula is C14H14N6O. The molecule has 1 amide bonds. The van der Waals surface area contributed by atoms with Crippen LogP contribution >= 0.6 is 0 Å². The van der Waals surface area contributed by atoms with E-state index in [1.54, 1.807) is 0 Å². The van der Waals surface area contributed by atoms with Crippen LogP contribution < -0.4 is 16.0 Å². The van der Waals surface area contributed by atoms with Crippen molar-refractivity contribution in [3.05, 3.63) is 30.0 Å². The number of piperazine rings is 1. The van der Waals surface area contributed by atoms with E-state index in [1.165, 1.54) is 0 Å². The van der Waals surface area contributed by atoms with Crippen molar-refractivity contribution in [1.29, 1.82) is 5.26 Å². The van der Waals surface area contributed by atoms with Crippen molar-refractivity contribution in [3.63, 3.8) is 0 Å². The van der Waals surface area contributed by atoms with E-state index in [0.29, 0.717) is 30.8 Å². The number of nitrogens with zero attached hydrogens (tertiary/aromatic N) is 4. The van der Waals surface area contributed by atoms with Crippen LogP contribution in [0.5, 0.6) is 0 Å². The fraction of sp³-hybridized carbons (Fsp3) is 0.286. The van der Waals surface area contributed by atoms with Gasteiger partial charge in [-0.2, -0.15) is 5.26 Å². The number of carbonyl (C=O) groups excluding carboxylic acids is 1. The predicted molar refractivity (Wildman–Crippen MR) is 77.5 cm³/mol. The van der Waals surface area contributed by atoms with Gasteiger partial charge in [0.25, 0.3) is 0 Å². The number of amides is 1. The highest BCUT2D eigenvalue weighted by molar-refractivity contribution is 5.96. The second-order valence-corrected chi connectivity index (χ2v) is 4.84. The lowest BCUT2D eigenvalue weighted by molar-refractivity contribution is -0.119. The van der Waals surface area contributed by atoms with Crippen LogP contribution in [0.15, 0.2) is 24.3 Å². The lowest BCUT2D eigenvalue weighted by Gasteiger charge is -2.36. The fourth-order valence-corrected chi connectivity index (χ4v) is 2.63. The molecule has 1 unspecified atom stereocenters. The number of anilines is 1. The molecule has 1 fully saturated rings. The highest BCUT2D eigenvalue weighted by Gasteiger charge is 2.30. The maximum atomic E-state index is 11.7. The number of nitrogens with two attached hydrogens (primary N) is 1. The van der Waals surface area contributed by atoms with E-state index in [1.807, 2.05) is 29.2 Å². The molecule has 7 heteroatoms. The van der Waals surface area contributed by atoms with E-state index in [4.69, 9.17) is 5.73 Å². The highest BCUT2D eigenvalue weighted by atomic mass is 16.1. The Labute approximate surface area is 121 Å². The molecule has 1 aromatic heterocycles. The summed E-state index contributed by atoms with van der Waals surface area (Å²) in [4.78, 5) is 13.6. The van der Waals surface area contributed by atoms with Crippen LogP contribution in [-0.2, 0) is 4.79 Å². The summed E-state index contributed by atoms with van der Waals surface area (Å²) in [5.41, 5.74) is 7.02. The van der Waals surface area contributed by atoms with Gasteiger partial charge in [-0.15, -0.1) is 10.2 Å². The molecule has 3 N–H and O–H groups in total. The highest BCUT2D eigenvalue weighted by Crippen LogP contribution is 2.29. The summed E-state index contributed by atoms with van der Waals surface area (Å²) in [7, 11) is 0. The number of fused-ring (bicyclic) bond motifs is 1. The smallest absolute Gasteiger partial charge is 0.241 e. The third-order valence-corrected chi connectivity index (χ3v) is 3.61. The number of nitriles is 1. The number of hydrogen-bond acceptors (Lipinski definition) is 6. The standard InChI is InChI=1S/C14H14N6O/c15-7-11-13(9-3-1-2-4-10(9)18-19-11)20-6-5-17-8-12(20)14(16)21/h1-4,12,17H,5-6,8H2,(H2,16,21). The summed E-state index contributed by atoms with van der Waals surface area (Å²) in [6.07, 6.45) is 0. The molecule has 1 saturated heterocycles. The van der Waals surface area contributed by atoms with Crippen molar-refractivity contribution in [2.45, 2.75) is 6.04 Å². The van der Waals surface area contributed by atoms with E-state index in [-0.39, 0.29) is 5.69 Å². The summed E-state index contributed by atoms with van der Waals surface area (Å²) < 4.78 is 0. The van der Waals surface area contributed by atoms with Gasteiger partial charge in [-0.25, -0.2) is 0 Å². The average molecular weight is 282 g/mol. The number of hydrogen-bond donors (Lipinski definition) is 2. The predicted octanol–water partition coefficient (Wildman–Crippen LogP) is -0.235. The second kappa shape index (κ2) is 5.34. The summed E-state index contributed by atoms with van der Waals surface area (Å²) in [6, 6.07) is 8.99. The van der Waals surface area contributed by atoms with Gasteiger partial charge in [0.2, 0.25) is 5.91 Å². The fourth-order valence-electron chi connectivity index (χ4n) is 2.63. The van der Waals surface area contributed by atoms with Gasteiger partial charge in [0.1, 0.15) is 12.1 Å². The van der Waals surface area contributed by atoms with Crippen molar-refractivity contribution in [2.24, 2.45) is 5.73 Å². The van der Waals surface area contributed by atoms with Gasteiger partial charge in [0.15, 0.2) is 5.69 Å². The summed E-state index contributed by atoms with van der Waals surface area (Å²) in [6.45, 7) is 1.75. The molecule has 0 radical (unpaired) electrons. The SMILES string of the molecule is N#Cc1nnc2ccccc2c1N1CCNCC1C(N)=O. The van der Waals surface area contributed by atoms with Crippen LogP contribution in [0, 0.1) is 11.3 Å². The Hall–Kier alpha value is -2.72. The van der Waals surface area contributed by atoms with Gasteiger partial charge < -0.3 is 16.0 Å². The van der Waals surface area contributed by atoms with Crippen molar-refractivity contribution < 1.29 is 4.79 Å². The summed E-state index contributed by atoms with van der Waals surface area (Å²) in [5, 5.41) is 21.3. The number of aromatic nitrogens is 2. The average Bonchev–Trinajstić information content (AvgIpc) is 2.53. The lowest BCUT2D eigenvalue weighted by atomic mass is 10.1. The van der Waals surface area contributed by atoms with Crippen LogP contribution in [-0.4, -0.2) is 41.8 Å². The van der Waals surface area contributed by atoms with E-state index in [0.717, 1.165) is 5.39 Å². The molecule has 2 aromatic rings. The van der Waals surface area contributed by atoms with Crippen LogP contribution in [0.3, 0.4) is 0 Å². The molecule has 0 bridgehead atoms. The van der Waals surface area contributed by atoms with Gasteiger partial charge in [-0.05, 0) is 6.07 Å². The minimum absolute atomic E-state index is 0.210. The Bertz CT molecular complexity index is 738. The molecule has 1 aromatic carbocycles. The van der Waals surface area contributed by atoms with E-state index in [9.17, 15) is 10.1 Å². The van der Waals surface area contributed by atoms with Crippen molar-refractivity contribution >= 4 is 22.5 Å². The quantitative estimate of drug-likeness (QED) is 0.787. The Kier molecular flexibility index (Phi) is 3.38. The number of primary amides is 1. The topological polar surface area (TPSA) is 108 Å². The normalized spacial score (nSPS) is 18.4.